The molecular weight excluding hydrogens is 359 g/mol. The summed E-state index contributed by atoms with van der Waals surface area (Å²) in [5.41, 5.74) is 2.00. The fourth-order valence-corrected chi connectivity index (χ4v) is 2.77. The van der Waals surface area contributed by atoms with Gasteiger partial charge in [-0.1, -0.05) is 35.3 Å². The molecule has 1 amide bonds. The summed E-state index contributed by atoms with van der Waals surface area (Å²) in [7, 11) is 0. The van der Waals surface area contributed by atoms with Crippen molar-refractivity contribution in [3.05, 3.63) is 63.1 Å². The summed E-state index contributed by atoms with van der Waals surface area (Å²) in [6.45, 7) is 4.12. The molecule has 0 spiro atoms. The molecule has 0 aliphatic heterocycles. The quantitative estimate of drug-likeness (QED) is 0.574. The number of nitrogens with zero attached hydrogens (tertiary/aromatic N) is 1. The van der Waals surface area contributed by atoms with Gasteiger partial charge in [0.15, 0.2) is 0 Å². The van der Waals surface area contributed by atoms with E-state index in [1.807, 2.05) is 38.1 Å². The average molecular weight is 375 g/mol. The van der Waals surface area contributed by atoms with E-state index < -0.39 is 5.91 Å². The standard InChI is InChI=1S/C19H16Cl2N2O2/c1-3-25-18-13(9-15(20)10-17(18)21)8-14(11-22)19(24)23-16-6-4-5-12(2)7-16/h4-10H,3H2,1-2H3,(H,23,24)/b14-8+. The molecule has 0 aromatic heterocycles. The fourth-order valence-electron chi connectivity index (χ4n) is 2.21. The summed E-state index contributed by atoms with van der Waals surface area (Å²) in [5.74, 6) is -0.142. The molecule has 0 saturated heterocycles. The van der Waals surface area contributed by atoms with Gasteiger partial charge in [0, 0.05) is 16.3 Å². The molecule has 0 aliphatic rings. The summed E-state index contributed by atoms with van der Waals surface area (Å²) >= 11 is 12.2. The molecular formula is C19H16Cl2N2O2. The number of aryl methyl sites for hydroxylation is 1. The molecule has 0 bridgehead atoms. The van der Waals surface area contributed by atoms with Crippen LogP contribution >= 0.6 is 23.2 Å². The monoisotopic (exact) mass is 374 g/mol. The average Bonchev–Trinajstić information content (AvgIpc) is 2.55. The molecule has 0 heterocycles. The summed E-state index contributed by atoms with van der Waals surface area (Å²) in [6, 6.07) is 12.3. The van der Waals surface area contributed by atoms with Gasteiger partial charge in [-0.15, -0.1) is 0 Å². The SMILES string of the molecule is CCOc1c(Cl)cc(Cl)cc1/C=C(\C#N)C(=O)Nc1cccc(C)c1. The number of nitrogens with one attached hydrogen (secondary N) is 1. The van der Waals surface area contributed by atoms with Gasteiger partial charge in [0.1, 0.15) is 17.4 Å². The highest BCUT2D eigenvalue weighted by Gasteiger charge is 2.14. The fraction of sp³-hybridized carbons (Fsp3) is 0.158. The van der Waals surface area contributed by atoms with E-state index in [-0.39, 0.29) is 5.57 Å². The van der Waals surface area contributed by atoms with Crippen molar-refractivity contribution in [2.24, 2.45) is 0 Å². The van der Waals surface area contributed by atoms with Gasteiger partial charge in [0.05, 0.1) is 11.6 Å². The van der Waals surface area contributed by atoms with Crippen molar-refractivity contribution < 1.29 is 9.53 Å². The van der Waals surface area contributed by atoms with Gasteiger partial charge in [-0.3, -0.25) is 4.79 Å². The van der Waals surface area contributed by atoms with Gasteiger partial charge in [0.25, 0.3) is 5.91 Å². The molecule has 0 unspecified atom stereocenters. The van der Waals surface area contributed by atoms with Crippen LogP contribution in [0.25, 0.3) is 6.08 Å². The van der Waals surface area contributed by atoms with E-state index in [0.29, 0.717) is 33.7 Å². The lowest BCUT2D eigenvalue weighted by molar-refractivity contribution is -0.112. The van der Waals surface area contributed by atoms with E-state index in [0.717, 1.165) is 5.56 Å². The molecule has 0 radical (unpaired) electrons. The topological polar surface area (TPSA) is 62.1 Å². The largest absolute Gasteiger partial charge is 0.492 e. The second-order valence-corrected chi connectivity index (χ2v) is 6.08. The summed E-state index contributed by atoms with van der Waals surface area (Å²) in [6.07, 6.45) is 1.41. The molecule has 0 fully saturated rings. The van der Waals surface area contributed by atoms with Crippen LogP contribution in [0, 0.1) is 18.3 Å². The second kappa shape index (κ2) is 8.57. The van der Waals surface area contributed by atoms with Crippen molar-refractivity contribution in [1.82, 2.24) is 0 Å². The molecule has 128 valence electrons. The molecule has 2 aromatic rings. The smallest absolute Gasteiger partial charge is 0.266 e. The molecule has 0 saturated carbocycles. The van der Waals surface area contributed by atoms with E-state index in [9.17, 15) is 10.1 Å². The predicted molar refractivity (Wildman–Crippen MR) is 101 cm³/mol. The Hall–Kier alpha value is -2.48. The first kappa shape index (κ1) is 18.9. The van der Waals surface area contributed by atoms with Gasteiger partial charge in [-0.25, -0.2) is 0 Å². The summed E-state index contributed by atoms with van der Waals surface area (Å²) in [5, 5.41) is 12.8. The number of amides is 1. The third-order valence-electron chi connectivity index (χ3n) is 3.27. The van der Waals surface area contributed by atoms with Gasteiger partial charge in [-0.05, 0) is 49.8 Å². The van der Waals surface area contributed by atoms with Crippen LogP contribution in [0.2, 0.25) is 10.0 Å². The van der Waals surface area contributed by atoms with Crippen molar-refractivity contribution in [1.29, 1.82) is 5.26 Å². The molecule has 25 heavy (non-hydrogen) atoms. The lowest BCUT2D eigenvalue weighted by Gasteiger charge is -2.11. The zero-order chi connectivity index (χ0) is 18.4. The number of halogens is 2. The van der Waals surface area contributed by atoms with Crippen LogP contribution in [0.3, 0.4) is 0 Å². The summed E-state index contributed by atoms with van der Waals surface area (Å²) in [4.78, 5) is 12.4. The van der Waals surface area contributed by atoms with Crippen LogP contribution in [0.15, 0.2) is 42.0 Å². The van der Waals surface area contributed by atoms with Crippen LogP contribution in [0.5, 0.6) is 5.75 Å². The lowest BCUT2D eigenvalue weighted by Crippen LogP contribution is -2.13. The van der Waals surface area contributed by atoms with Crippen molar-refractivity contribution in [3.63, 3.8) is 0 Å². The van der Waals surface area contributed by atoms with E-state index in [1.165, 1.54) is 6.08 Å². The van der Waals surface area contributed by atoms with E-state index >= 15 is 0 Å². The van der Waals surface area contributed by atoms with Gasteiger partial charge in [-0.2, -0.15) is 5.26 Å². The maximum absolute atomic E-state index is 12.4. The number of carbonyl (C=O) groups is 1. The minimum Gasteiger partial charge on any atom is -0.492 e. The normalized spacial score (nSPS) is 10.9. The minimum absolute atomic E-state index is 0.0826. The highest BCUT2D eigenvalue weighted by atomic mass is 35.5. The second-order valence-electron chi connectivity index (χ2n) is 5.23. The molecule has 0 aliphatic carbocycles. The van der Waals surface area contributed by atoms with Crippen LogP contribution < -0.4 is 10.1 Å². The molecule has 2 aromatic carbocycles. The Balaban J connectivity index is 2.37. The van der Waals surface area contributed by atoms with Crippen LogP contribution in [0.4, 0.5) is 5.69 Å². The Morgan fingerprint density at radius 2 is 2.08 bits per heavy atom. The molecule has 4 nitrogen and oxygen atoms in total. The van der Waals surface area contributed by atoms with Crippen LogP contribution in [-0.2, 0) is 4.79 Å². The Labute approximate surface area is 156 Å². The number of benzene rings is 2. The first-order chi connectivity index (χ1) is 11.9. The number of rotatable bonds is 5. The van der Waals surface area contributed by atoms with E-state index in [2.05, 4.69) is 5.32 Å². The van der Waals surface area contributed by atoms with Crippen LogP contribution in [-0.4, -0.2) is 12.5 Å². The number of carbonyl (C=O) groups excluding carboxylic acids is 1. The van der Waals surface area contributed by atoms with E-state index in [4.69, 9.17) is 27.9 Å². The Kier molecular flexibility index (Phi) is 6.46. The van der Waals surface area contributed by atoms with Crippen LogP contribution in [0.1, 0.15) is 18.1 Å². The first-order valence-electron chi connectivity index (χ1n) is 7.56. The molecule has 2 rings (SSSR count). The van der Waals surface area contributed by atoms with Crippen molar-refractivity contribution in [2.45, 2.75) is 13.8 Å². The van der Waals surface area contributed by atoms with Crippen molar-refractivity contribution >= 4 is 40.9 Å². The maximum atomic E-state index is 12.4. The Morgan fingerprint density at radius 1 is 1.32 bits per heavy atom. The Bertz CT molecular complexity index is 870. The first-order valence-corrected chi connectivity index (χ1v) is 8.31. The number of anilines is 1. The Morgan fingerprint density at radius 3 is 2.72 bits per heavy atom. The van der Waals surface area contributed by atoms with Gasteiger partial charge >= 0.3 is 0 Å². The predicted octanol–water partition coefficient (Wildman–Crippen LogP) is 5.25. The molecule has 1 N–H and O–H groups in total. The zero-order valence-corrected chi connectivity index (χ0v) is 15.3. The maximum Gasteiger partial charge on any atom is 0.266 e. The third kappa shape index (κ3) is 4.99. The highest BCUT2D eigenvalue weighted by Crippen LogP contribution is 2.34. The van der Waals surface area contributed by atoms with Crippen molar-refractivity contribution in [2.75, 3.05) is 11.9 Å². The number of hydrogen-bond acceptors (Lipinski definition) is 3. The highest BCUT2D eigenvalue weighted by molar-refractivity contribution is 6.36. The van der Waals surface area contributed by atoms with E-state index in [1.54, 1.807) is 18.2 Å². The zero-order valence-electron chi connectivity index (χ0n) is 13.8. The number of nitriles is 1. The summed E-state index contributed by atoms with van der Waals surface area (Å²) < 4.78 is 5.51. The van der Waals surface area contributed by atoms with Crippen molar-refractivity contribution in [3.8, 4) is 11.8 Å². The number of ether oxygens (including phenoxy) is 1. The minimum atomic E-state index is -0.522. The molecule has 6 heteroatoms. The molecule has 0 atom stereocenters. The third-order valence-corrected chi connectivity index (χ3v) is 3.77. The lowest BCUT2D eigenvalue weighted by atomic mass is 10.1. The van der Waals surface area contributed by atoms with Gasteiger partial charge in [0.2, 0.25) is 0 Å². The van der Waals surface area contributed by atoms with Gasteiger partial charge < -0.3 is 10.1 Å². The number of hydrogen-bond donors (Lipinski definition) is 1.